The van der Waals surface area contributed by atoms with Crippen LogP contribution in [0.2, 0.25) is 0 Å². The number of nitrogens with one attached hydrogen (secondary N) is 2. The Kier molecular flexibility index (Phi) is 4.58. The lowest BCUT2D eigenvalue weighted by molar-refractivity contribution is 0.0697. The summed E-state index contributed by atoms with van der Waals surface area (Å²) in [5.41, 5.74) is 0.691. The highest BCUT2D eigenvalue weighted by molar-refractivity contribution is 5.91. The molecule has 0 saturated carbocycles. The molecule has 0 saturated heterocycles. The van der Waals surface area contributed by atoms with Crippen LogP contribution < -0.4 is 10.6 Å². The van der Waals surface area contributed by atoms with E-state index >= 15 is 0 Å². The van der Waals surface area contributed by atoms with Crippen molar-refractivity contribution < 1.29 is 14.7 Å². The number of hydrogen-bond donors (Lipinski definition) is 3. The van der Waals surface area contributed by atoms with Crippen LogP contribution in [-0.4, -0.2) is 23.7 Å². The van der Waals surface area contributed by atoms with E-state index in [2.05, 4.69) is 16.6 Å². The lowest BCUT2D eigenvalue weighted by Crippen LogP contribution is -2.29. The van der Waals surface area contributed by atoms with Crippen molar-refractivity contribution in [2.75, 3.05) is 11.9 Å². The molecule has 2 amide bonds. The Bertz CT molecular complexity index is 446. The van der Waals surface area contributed by atoms with Crippen molar-refractivity contribution in [1.82, 2.24) is 5.32 Å². The number of hydrogen-bond acceptors (Lipinski definition) is 2. The minimum Gasteiger partial charge on any atom is -0.478 e. The van der Waals surface area contributed by atoms with E-state index < -0.39 is 5.97 Å². The Labute approximate surface area is 98.8 Å². The zero-order chi connectivity index (χ0) is 12.7. The van der Waals surface area contributed by atoms with Crippen molar-refractivity contribution in [1.29, 1.82) is 0 Å². The fraction of sp³-hybridized carbons (Fsp3) is 0.167. The Morgan fingerprint density at radius 1 is 1.29 bits per heavy atom. The van der Waals surface area contributed by atoms with Crippen LogP contribution >= 0.6 is 0 Å². The number of carbonyl (C=O) groups excluding carboxylic acids is 1. The van der Waals surface area contributed by atoms with Crippen molar-refractivity contribution in [3.05, 3.63) is 29.8 Å². The molecule has 1 aromatic carbocycles. The maximum Gasteiger partial charge on any atom is 0.335 e. The molecule has 0 spiro atoms. The highest BCUT2D eigenvalue weighted by Crippen LogP contribution is 2.09. The van der Waals surface area contributed by atoms with E-state index in [1.807, 2.05) is 0 Å². The van der Waals surface area contributed by atoms with E-state index in [1.54, 1.807) is 0 Å². The standard InChI is InChI=1S/C12H12N2O3/c1-2-3-8-13-12(17)14-10-6-4-9(5-7-10)11(15)16/h1,4-7H,3,8H2,(H,15,16)(H2,13,14,17). The smallest absolute Gasteiger partial charge is 0.335 e. The van der Waals surface area contributed by atoms with Gasteiger partial charge in [-0.05, 0) is 24.3 Å². The van der Waals surface area contributed by atoms with Gasteiger partial charge in [0.25, 0.3) is 0 Å². The highest BCUT2D eigenvalue weighted by atomic mass is 16.4. The second-order valence-corrected chi connectivity index (χ2v) is 3.22. The monoisotopic (exact) mass is 232 g/mol. The Morgan fingerprint density at radius 3 is 2.47 bits per heavy atom. The first-order chi connectivity index (χ1) is 8.13. The summed E-state index contributed by atoms with van der Waals surface area (Å²) in [7, 11) is 0. The summed E-state index contributed by atoms with van der Waals surface area (Å²) in [5.74, 6) is 1.39. The molecule has 0 bridgehead atoms. The van der Waals surface area contributed by atoms with Crippen LogP contribution in [0.25, 0.3) is 0 Å². The summed E-state index contributed by atoms with van der Waals surface area (Å²) in [5, 5.41) is 13.8. The predicted molar refractivity (Wildman–Crippen MR) is 63.9 cm³/mol. The first kappa shape index (κ1) is 12.6. The fourth-order valence-electron chi connectivity index (χ4n) is 1.12. The number of carbonyl (C=O) groups is 2. The third kappa shape index (κ3) is 4.26. The van der Waals surface area contributed by atoms with Gasteiger partial charge in [0, 0.05) is 18.7 Å². The van der Waals surface area contributed by atoms with Gasteiger partial charge in [-0.1, -0.05) is 0 Å². The molecule has 0 aromatic heterocycles. The van der Waals surface area contributed by atoms with Crippen LogP contribution in [0.1, 0.15) is 16.8 Å². The second kappa shape index (κ2) is 6.18. The van der Waals surface area contributed by atoms with Gasteiger partial charge in [0.15, 0.2) is 0 Å². The van der Waals surface area contributed by atoms with Gasteiger partial charge in [-0.3, -0.25) is 0 Å². The van der Waals surface area contributed by atoms with Gasteiger partial charge in [-0.15, -0.1) is 12.3 Å². The summed E-state index contributed by atoms with van der Waals surface area (Å²) in [6.07, 6.45) is 5.50. The first-order valence-electron chi connectivity index (χ1n) is 4.95. The quantitative estimate of drug-likeness (QED) is 0.544. The van der Waals surface area contributed by atoms with Crippen molar-refractivity contribution in [3.8, 4) is 12.3 Å². The highest BCUT2D eigenvalue weighted by Gasteiger charge is 2.03. The minimum atomic E-state index is -1.00. The molecule has 0 aliphatic carbocycles. The number of benzene rings is 1. The number of urea groups is 1. The zero-order valence-electron chi connectivity index (χ0n) is 9.06. The van der Waals surface area contributed by atoms with Crippen LogP contribution in [0.3, 0.4) is 0 Å². The Hall–Kier alpha value is -2.48. The van der Waals surface area contributed by atoms with Crippen molar-refractivity contribution in [2.45, 2.75) is 6.42 Å². The van der Waals surface area contributed by atoms with Crippen molar-refractivity contribution >= 4 is 17.7 Å². The number of terminal acetylenes is 1. The number of aromatic carboxylic acids is 1. The fourth-order valence-corrected chi connectivity index (χ4v) is 1.12. The van der Waals surface area contributed by atoms with Crippen molar-refractivity contribution in [3.63, 3.8) is 0 Å². The number of carboxylic acids is 1. The molecule has 1 rings (SSSR count). The molecule has 0 radical (unpaired) electrons. The van der Waals surface area contributed by atoms with Gasteiger partial charge in [0.05, 0.1) is 5.56 Å². The molecule has 5 heteroatoms. The lowest BCUT2D eigenvalue weighted by Gasteiger charge is -2.06. The van der Waals surface area contributed by atoms with Crippen LogP contribution in [-0.2, 0) is 0 Å². The van der Waals surface area contributed by atoms with E-state index in [1.165, 1.54) is 24.3 Å². The van der Waals surface area contributed by atoms with Gasteiger partial charge in [0.2, 0.25) is 0 Å². The molecule has 5 nitrogen and oxygen atoms in total. The maximum absolute atomic E-state index is 11.3. The molecule has 0 aliphatic rings. The number of amides is 2. The molecule has 0 fully saturated rings. The average molecular weight is 232 g/mol. The minimum absolute atomic E-state index is 0.170. The van der Waals surface area contributed by atoms with Crippen LogP contribution in [0, 0.1) is 12.3 Å². The van der Waals surface area contributed by atoms with Gasteiger partial charge >= 0.3 is 12.0 Å². The largest absolute Gasteiger partial charge is 0.478 e. The molecule has 3 N–H and O–H groups in total. The summed E-state index contributed by atoms with van der Waals surface area (Å²) in [4.78, 5) is 21.9. The van der Waals surface area contributed by atoms with E-state index in [-0.39, 0.29) is 11.6 Å². The number of rotatable bonds is 4. The van der Waals surface area contributed by atoms with Gasteiger partial charge in [-0.25, -0.2) is 9.59 Å². The van der Waals surface area contributed by atoms with Crippen molar-refractivity contribution in [2.24, 2.45) is 0 Å². The molecule has 88 valence electrons. The second-order valence-electron chi connectivity index (χ2n) is 3.22. The summed E-state index contributed by atoms with van der Waals surface area (Å²) in [6.45, 7) is 0.398. The maximum atomic E-state index is 11.3. The van der Waals surface area contributed by atoms with Gasteiger partial charge in [-0.2, -0.15) is 0 Å². The number of carboxylic acid groups (broad SMARTS) is 1. The topological polar surface area (TPSA) is 78.4 Å². The summed E-state index contributed by atoms with van der Waals surface area (Å²) in [6, 6.07) is 5.50. The average Bonchev–Trinajstić information content (AvgIpc) is 2.30. The van der Waals surface area contributed by atoms with E-state index in [0.29, 0.717) is 18.7 Å². The van der Waals surface area contributed by atoms with Crippen LogP contribution in [0.15, 0.2) is 24.3 Å². The Morgan fingerprint density at radius 2 is 1.94 bits per heavy atom. The van der Waals surface area contributed by atoms with Crippen LogP contribution in [0.5, 0.6) is 0 Å². The van der Waals surface area contributed by atoms with Gasteiger partial charge in [0.1, 0.15) is 0 Å². The number of anilines is 1. The SMILES string of the molecule is C#CCCNC(=O)Nc1ccc(C(=O)O)cc1. The predicted octanol–water partition coefficient (Wildman–Crippen LogP) is 1.53. The third-order valence-corrected chi connectivity index (χ3v) is 1.94. The molecular weight excluding hydrogens is 220 g/mol. The van der Waals surface area contributed by atoms with Gasteiger partial charge < -0.3 is 15.7 Å². The normalized spacial score (nSPS) is 9.12. The zero-order valence-corrected chi connectivity index (χ0v) is 9.06. The van der Waals surface area contributed by atoms with E-state index in [9.17, 15) is 9.59 Å². The molecule has 0 unspecified atom stereocenters. The van der Waals surface area contributed by atoms with E-state index in [4.69, 9.17) is 11.5 Å². The van der Waals surface area contributed by atoms with Crippen LogP contribution in [0.4, 0.5) is 10.5 Å². The lowest BCUT2D eigenvalue weighted by atomic mass is 10.2. The third-order valence-electron chi connectivity index (χ3n) is 1.94. The molecular formula is C12H12N2O3. The molecule has 0 atom stereocenters. The summed E-state index contributed by atoms with van der Waals surface area (Å²) >= 11 is 0. The molecule has 1 aromatic rings. The Balaban J connectivity index is 2.49. The summed E-state index contributed by atoms with van der Waals surface area (Å²) < 4.78 is 0. The molecule has 0 heterocycles. The molecule has 17 heavy (non-hydrogen) atoms. The first-order valence-corrected chi connectivity index (χ1v) is 4.95. The molecule has 0 aliphatic heterocycles. The van der Waals surface area contributed by atoms with E-state index in [0.717, 1.165) is 0 Å².